The minimum absolute atomic E-state index is 0.0804. The van der Waals surface area contributed by atoms with Crippen molar-refractivity contribution in [2.24, 2.45) is 29.1 Å². The molecule has 0 radical (unpaired) electrons. The number of fused-ring (bicyclic) bond motifs is 3. The van der Waals surface area contributed by atoms with Crippen molar-refractivity contribution in [1.82, 2.24) is 0 Å². The Bertz CT molecular complexity index is 826. The maximum Gasteiger partial charge on any atom is 0.294 e. The van der Waals surface area contributed by atoms with E-state index in [4.69, 9.17) is 0 Å². The number of nitro groups is 1. The SMILES string of the molecule is O=C1[C@@H]2[C@@H](C(=O)N1c1ccc(Br)cc1[N+](=O)[O-])[C@@H]1C=C[C@@H]2C12CC2. The molecule has 1 heterocycles. The number of halogens is 1. The summed E-state index contributed by atoms with van der Waals surface area (Å²) in [4.78, 5) is 37.9. The number of hydrogen-bond donors (Lipinski definition) is 0. The lowest BCUT2D eigenvalue weighted by atomic mass is 9.85. The monoisotopic (exact) mass is 388 g/mol. The van der Waals surface area contributed by atoms with Gasteiger partial charge in [0.1, 0.15) is 5.69 Å². The molecule has 4 aliphatic rings. The third kappa shape index (κ3) is 1.51. The van der Waals surface area contributed by atoms with E-state index in [0.29, 0.717) is 4.47 Å². The number of benzene rings is 1. The molecule has 0 unspecified atom stereocenters. The van der Waals surface area contributed by atoms with Gasteiger partial charge in [0.2, 0.25) is 11.8 Å². The fraction of sp³-hybridized carbons (Fsp3) is 0.412. The highest BCUT2D eigenvalue weighted by Crippen LogP contribution is 2.73. The fourth-order valence-electron chi connectivity index (χ4n) is 5.15. The Morgan fingerprint density at radius 3 is 2.21 bits per heavy atom. The molecule has 0 aromatic heterocycles. The molecule has 1 aromatic carbocycles. The van der Waals surface area contributed by atoms with Gasteiger partial charge in [0.05, 0.1) is 16.8 Å². The quantitative estimate of drug-likeness (QED) is 0.337. The summed E-state index contributed by atoms with van der Waals surface area (Å²) in [5.74, 6) is -1.03. The molecular weight excluding hydrogens is 376 g/mol. The van der Waals surface area contributed by atoms with Crippen LogP contribution in [-0.2, 0) is 9.59 Å². The number of carbonyl (C=O) groups is 2. The number of allylic oxidation sites excluding steroid dienone is 2. The first-order valence-electron chi connectivity index (χ1n) is 7.96. The van der Waals surface area contributed by atoms with E-state index < -0.39 is 4.92 Å². The van der Waals surface area contributed by atoms with Crippen LogP contribution < -0.4 is 4.90 Å². The molecule has 0 N–H and O–H groups in total. The molecule has 1 saturated heterocycles. The van der Waals surface area contributed by atoms with E-state index in [9.17, 15) is 19.7 Å². The number of hydrogen-bond acceptors (Lipinski definition) is 4. The standard InChI is InChI=1S/C17H13BrN2O4/c18-8-1-4-11(12(7-8)20(23)24)19-15(21)13-9-2-3-10(14(13)16(19)22)17(9)5-6-17/h1-4,7,9-10,13-14H,5-6H2/t9-,10-,13-,14-/m0/s1. The summed E-state index contributed by atoms with van der Waals surface area (Å²) in [6.07, 6.45) is 6.32. The predicted octanol–water partition coefficient (Wildman–Crippen LogP) is 3.06. The van der Waals surface area contributed by atoms with Gasteiger partial charge in [-0.25, -0.2) is 4.90 Å². The van der Waals surface area contributed by atoms with Crippen LogP contribution in [0.4, 0.5) is 11.4 Å². The third-order valence-electron chi connectivity index (χ3n) is 6.23. The highest BCUT2D eigenvalue weighted by atomic mass is 79.9. The van der Waals surface area contributed by atoms with Gasteiger partial charge in [-0.1, -0.05) is 28.1 Å². The molecule has 2 saturated carbocycles. The molecular formula is C17H13BrN2O4. The summed E-state index contributed by atoms with van der Waals surface area (Å²) < 4.78 is 0.538. The number of anilines is 1. The highest BCUT2D eigenvalue weighted by Gasteiger charge is 2.73. The number of carbonyl (C=O) groups excluding carboxylic acids is 2. The first-order chi connectivity index (χ1) is 11.5. The van der Waals surface area contributed by atoms with Crippen molar-refractivity contribution in [3.05, 3.63) is 44.9 Å². The van der Waals surface area contributed by atoms with Gasteiger partial charge in [-0.2, -0.15) is 0 Å². The Morgan fingerprint density at radius 2 is 1.71 bits per heavy atom. The van der Waals surface area contributed by atoms with Gasteiger partial charge in [0.25, 0.3) is 5.69 Å². The van der Waals surface area contributed by atoms with Crippen LogP contribution in [0.15, 0.2) is 34.8 Å². The summed E-state index contributed by atoms with van der Waals surface area (Å²) in [6.45, 7) is 0. The first kappa shape index (κ1) is 14.3. The summed E-state index contributed by atoms with van der Waals surface area (Å²) in [5.41, 5.74) is -0.0254. The van der Waals surface area contributed by atoms with Crippen molar-refractivity contribution in [2.45, 2.75) is 12.8 Å². The van der Waals surface area contributed by atoms with Gasteiger partial charge in [-0.15, -0.1) is 0 Å². The van der Waals surface area contributed by atoms with Gasteiger partial charge in [0, 0.05) is 10.5 Å². The molecule has 1 aromatic rings. The Labute approximate surface area is 145 Å². The molecule has 122 valence electrons. The van der Waals surface area contributed by atoms with Crippen LogP contribution in [0.3, 0.4) is 0 Å². The van der Waals surface area contributed by atoms with E-state index in [2.05, 4.69) is 28.1 Å². The fourth-order valence-corrected chi connectivity index (χ4v) is 5.50. The van der Waals surface area contributed by atoms with Crippen molar-refractivity contribution in [3.63, 3.8) is 0 Å². The number of nitro benzene ring substituents is 1. The number of nitrogens with zero attached hydrogens (tertiary/aromatic N) is 2. The predicted molar refractivity (Wildman–Crippen MR) is 88.1 cm³/mol. The second-order valence-corrected chi connectivity index (χ2v) is 8.04. The summed E-state index contributed by atoms with van der Waals surface area (Å²) in [7, 11) is 0. The van der Waals surface area contributed by atoms with Crippen molar-refractivity contribution < 1.29 is 14.5 Å². The minimum atomic E-state index is -0.552. The largest absolute Gasteiger partial charge is 0.294 e. The third-order valence-corrected chi connectivity index (χ3v) is 6.72. The normalized spacial score (nSPS) is 34.3. The lowest BCUT2D eigenvalue weighted by molar-refractivity contribution is -0.384. The summed E-state index contributed by atoms with van der Waals surface area (Å²) in [5, 5.41) is 11.4. The zero-order chi connectivity index (χ0) is 16.8. The Kier molecular flexibility index (Phi) is 2.59. The van der Waals surface area contributed by atoms with Crippen molar-refractivity contribution >= 4 is 39.1 Å². The molecule has 3 fully saturated rings. The van der Waals surface area contributed by atoms with Gasteiger partial charge in [-0.05, 0) is 42.2 Å². The van der Waals surface area contributed by atoms with Gasteiger partial charge >= 0.3 is 0 Å². The van der Waals surface area contributed by atoms with Crippen LogP contribution in [0.1, 0.15) is 12.8 Å². The molecule has 1 spiro atoms. The lowest BCUT2D eigenvalue weighted by Gasteiger charge is -2.21. The van der Waals surface area contributed by atoms with Crippen LogP contribution in [0.2, 0.25) is 0 Å². The highest BCUT2D eigenvalue weighted by molar-refractivity contribution is 9.10. The first-order valence-corrected chi connectivity index (χ1v) is 8.75. The summed E-state index contributed by atoms with van der Waals surface area (Å²) >= 11 is 3.20. The second kappa shape index (κ2) is 4.33. The van der Waals surface area contributed by atoms with Crippen molar-refractivity contribution in [2.75, 3.05) is 4.90 Å². The van der Waals surface area contributed by atoms with Crippen LogP contribution in [-0.4, -0.2) is 16.7 Å². The maximum atomic E-state index is 13.0. The molecule has 2 amide bonds. The maximum absolute atomic E-state index is 13.0. The van der Waals surface area contributed by atoms with Crippen LogP contribution in [0, 0.1) is 39.2 Å². The lowest BCUT2D eigenvalue weighted by Crippen LogP contribution is -2.35. The molecule has 6 nitrogen and oxygen atoms in total. The van der Waals surface area contributed by atoms with Crippen LogP contribution >= 0.6 is 15.9 Å². The average molecular weight is 389 g/mol. The minimum Gasteiger partial charge on any atom is -0.274 e. The van der Waals surface area contributed by atoms with Gasteiger partial charge in [-0.3, -0.25) is 19.7 Å². The Balaban J connectivity index is 1.60. The zero-order valence-corrected chi connectivity index (χ0v) is 14.1. The van der Waals surface area contributed by atoms with Crippen molar-refractivity contribution in [1.29, 1.82) is 0 Å². The van der Waals surface area contributed by atoms with Crippen molar-refractivity contribution in [3.8, 4) is 0 Å². The number of imide groups is 1. The van der Waals surface area contributed by atoms with Gasteiger partial charge < -0.3 is 0 Å². The zero-order valence-electron chi connectivity index (χ0n) is 12.5. The molecule has 2 bridgehead atoms. The topological polar surface area (TPSA) is 80.5 Å². The number of rotatable bonds is 2. The van der Waals surface area contributed by atoms with Gasteiger partial charge in [0.15, 0.2) is 0 Å². The summed E-state index contributed by atoms with van der Waals surface area (Å²) in [6, 6.07) is 4.42. The van der Waals surface area contributed by atoms with E-state index >= 15 is 0 Å². The van der Waals surface area contributed by atoms with E-state index in [1.165, 1.54) is 12.1 Å². The molecule has 3 aliphatic carbocycles. The Hall–Kier alpha value is -2.02. The van der Waals surface area contributed by atoms with E-state index in [0.717, 1.165) is 17.7 Å². The smallest absolute Gasteiger partial charge is 0.274 e. The molecule has 4 atom stereocenters. The van der Waals surface area contributed by atoms with E-state index in [1.54, 1.807) is 6.07 Å². The molecule has 7 heteroatoms. The van der Waals surface area contributed by atoms with Crippen LogP contribution in [0.5, 0.6) is 0 Å². The van der Waals surface area contributed by atoms with Crippen LogP contribution in [0.25, 0.3) is 0 Å². The molecule has 24 heavy (non-hydrogen) atoms. The van der Waals surface area contributed by atoms with E-state index in [-0.39, 0.29) is 52.3 Å². The molecule has 5 rings (SSSR count). The number of amides is 2. The average Bonchev–Trinajstić information content (AvgIpc) is 3.14. The van der Waals surface area contributed by atoms with E-state index in [1.807, 2.05) is 0 Å². The Morgan fingerprint density at radius 1 is 1.12 bits per heavy atom. The second-order valence-electron chi connectivity index (χ2n) is 7.12. The molecule has 1 aliphatic heterocycles.